The van der Waals surface area contributed by atoms with E-state index in [4.69, 9.17) is 20.9 Å². The number of anilines is 1. The van der Waals surface area contributed by atoms with E-state index in [1.807, 2.05) is 30.3 Å². The highest BCUT2D eigenvalue weighted by molar-refractivity contribution is 5.40. The molecule has 1 heterocycles. The van der Waals surface area contributed by atoms with Crippen molar-refractivity contribution in [2.45, 2.75) is 12.5 Å². The van der Waals surface area contributed by atoms with Crippen molar-refractivity contribution in [1.29, 1.82) is 0 Å². The molecule has 4 N–H and O–H groups in total. The first-order chi connectivity index (χ1) is 9.62. The van der Waals surface area contributed by atoms with Crippen LogP contribution < -0.4 is 20.9 Å². The third-order valence-corrected chi connectivity index (χ3v) is 3.10. The van der Waals surface area contributed by atoms with Crippen LogP contribution in [-0.4, -0.2) is 19.2 Å². The third kappa shape index (κ3) is 3.39. The largest absolute Gasteiger partial charge is 0.497 e. The molecule has 0 saturated carbocycles. The number of benzene rings is 1. The molecule has 1 aromatic heterocycles. The zero-order valence-electron chi connectivity index (χ0n) is 11.7. The number of hydrogen-bond acceptors (Lipinski definition) is 5. The fraction of sp³-hybridized carbons (Fsp3) is 0.267. The Bertz CT molecular complexity index is 565. The number of ether oxygens (including phenoxy) is 2. The second-order valence-corrected chi connectivity index (χ2v) is 4.55. The molecule has 1 unspecified atom stereocenters. The monoisotopic (exact) mass is 273 g/mol. The van der Waals surface area contributed by atoms with Crippen molar-refractivity contribution in [2.75, 3.05) is 20.0 Å². The quantitative estimate of drug-likeness (QED) is 0.869. The van der Waals surface area contributed by atoms with E-state index in [9.17, 15) is 0 Å². The van der Waals surface area contributed by atoms with Gasteiger partial charge in [0, 0.05) is 18.3 Å². The number of nitrogens with two attached hydrogens (primary N) is 2. The summed E-state index contributed by atoms with van der Waals surface area (Å²) >= 11 is 0. The molecule has 106 valence electrons. The minimum Gasteiger partial charge on any atom is -0.497 e. The van der Waals surface area contributed by atoms with Crippen LogP contribution in [0, 0.1) is 0 Å². The molecule has 5 nitrogen and oxygen atoms in total. The topological polar surface area (TPSA) is 83.4 Å². The molecule has 5 heteroatoms. The summed E-state index contributed by atoms with van der Waals surface area (Å²) in [5, 5.41) is 0. The number of pyridine rings is 1. The Labute approximate surface area is 118 Å². The van der Waals surface area contributed by atoms with Gasteiger partial charge in [-0.1, -0.05) is 0 Å². The Morgan fingerprint density at radius 3 is 2.30 bits per heavy atom. The molecular weight excluding hydrogens is 254 g/mol. The van der Waals surface area contributed by atoms with Gasteiger partial charge in [-0.2, -0.15) is 0 Å². The number of nitrogens with zero attached hydrogens (tertiary/aromatic N) is 1. The van der Waals surface area contributed by atoms with Crippen molar-refractivity contribution in [3.05, 3.63) is 47.7 Å². The zero-order chi connectivity index (χ0) is 14.5. The third-order valence-electron chi connectivity index (χ3n) is 3.10. The predicted molar refractivity (Wildman–Crippen MR) is 78.8 cm³/mol. The highest BCUT2D eigenvalue weighted by Gasteiger charge is 2.11. The van der Waals surface area contributed by atoms with Gasteiger partial charge in [-0.3, -0.25) is 0 Å². The molecule has 0 spiro atoms. The number of hydrogen-bond donors (Lipinski definition) is 2. The fourth-order valence-electron chi connectivity index (χ4n) is 2.04. The molecule has 0 aliphatic carbocycles. The normalized spacial score (nSPS) is 11.9. The maximum atomic E-state index is 6.25. The summed E-state index contributed by atoms with van der Waals surface area (Å²) in [6, 6.07) is 9.22. The van der Waals surface area contributed by atoms with Crippen LogP contribution in [0.2, 0.25) is 0 Å². The van der Waals surface area contributed by atoms with Gasteiger partial charge in [0.15, 0.2) is 0 Å². The van der Waals surface area contributed by atoms with E-state index >= 15 is 0 Å². The molecule has 0 amide bonds. The van der Waals surface area contributed by atoms with Gasteiger partial charge in [0.1, 0.15) is 17.3 Å². The molecule has 2 rings (SSSR count). The second kappa shape index (κ2) is 6.25. The summed E-state index contributed by atoms with van der Waals surface area (Å²) in [7, 11) is 3.24. The molecule has 0 saturated heterocycles. The van der Waals surface area contributed by atoms with Crippen LogP contribution in [-0.2, 0) is 6.42 Å². The summed E-state index contributed by atoms with van der Waals surface area (Å²) in [5.74, 6) is 1.95. The van der Waals surface area contributed by atoms with E-state index in [0.717, 1.165) is 22.6 Å². The average molecular weight is 273 g/mol. The number of methoxy groups -OCH3 is 2. The molecule has 0 radical (unpaired) electrons. The van der Waals surface area contributed by atoms with E-state index in [0.29, 0.717) is 12.2 Å². The first-order valence-electron chi connectivity index (χ1n) is 6.31. The Hall–Kier alpha value is -2.27. The number of nitrogen functional groups attached to an aromatic ring is 1. The number of rotatable bonds is 5. The van der Waals surface area contributed by atoms with Gasteiger partial charge in [0.05, 0.1) is 14.2 Å². The smallest absolute Gasteiger partial charge is 0.123 e. The summed E-state index contributed by atoms with van der Waals surface area (Å²) in [5.41, 5.74) is 13.9. The van der Waals surface area contributed by atoms with Crippen molar-refractivity contribution in [1.82, 2.24) is 4.98 Å². The molecule has 2 aromatic rings. The standard InChI is InChI=1S/C15H19N3O2/c1-19-12-7-11(8-13(9-12)20-2)14(16)5-10-3-4-18-15(17)6-10/h3-4,6-9,14H,5,16H2,1-2H3,(H2,17,18). The highest BCUT2D eigenvalue weighted by atomic mass is 16.5. The van der Waals surface area contributed by atoms with Crippen LogP contribution in [0.4, 0.5) is 5.82 Å². The highest BCUT2D eigenvalue weighted by Crippen LogP contribution is 2.27. The lowest BCUT2D eigenvalue weighted by molar-refractivity contribution is 0.392. The molecule has 0 bridgehead atoms. The van der Waals surface area contributed by atoms with Gasteiger partial charge in [0.2, 0.25) is 0 Å². The molecule has 0 aliphatic heterocycles. The summed E-state index contributed by atoms with van der Waals surface area (Å²) < 4.78 is 10.5. The van der Waals surface area contributed by atoms with Crippen LogP contribution in [0.1, 0.15) is 17.2 Å². The summed E-state index contributed by atoms with van der Waals surface area (Å²) in [4.78, 5) is 3.97. The summed E-state index contributed by atoms with van der Waals surface area (Å²) in [6.07, 6.45) is 2.35. The van der Waals surface area contributed by atoms with E-state index in [2.05, 4.69) is 4.98 Å². The predicted octanol–water partition coefficient (Wildman–Crippen LogP) is 1.92. The van der Waals surface area contributed by atoms with Gasteiger partial charge >= 0.3 is 0 Å². The molecule has 0 aliphatic rings. The SMILES string of the molecule is COc1cc(OC)cc(C(N)Cc2ccnc(N)c2)c1. The zero-order valence-corrected chi connectivity index (χ0v) is 11.7. The van der Waals surface area contributed by atoms with Crippen LogP contribution >= 0.6 is 0 Å². The fourth-order valence-corrected chi connectivity index (χ4v) is 2.04. The Kier molecular flexibility index (Phi) is 4.42. The lowest BCUT2D eigenvalue weighted by Gasteiger charge is -2.15. The molecule has 1 aromatic carbocycles. The average Bonchev–Trinajstić information content (AvgIpc) is 2.46. The van der Waals surface area contributed by atoms with Crippen LogP contribution in [0.15, 0.2) is 36.5 Å². The Balaban J connectivity index is 2.22. The minimum absolute atomic E-state index is 0.166. The second-order valence-electron chi connectivity index (χ2n) is 4.55. The Morgan fingerprint density at radius 2 is 1.75 bits per heavy atom. The maximum Gasteiger partial charge on any atom is 0.123 e. The van der Waals surface area contributed by atoms with E-state index in [1.165, 1.54) is 0 Å². The van der Waals surface area contributed by atoms with Gasteiger partial charge in [0.25, 0.3) is 0 Å². The maximum absolute atomic E-state index is 6.25. The molecular formula is C15H19N3O2. The Morgan fingerprint density at radius 1 is 1.10 bits per heavy atom. The van der Waals surface area contributed by atoms with Crippen LogP contribution in [0.25, 0.3) is 0 Å². The van der Waals surface area contributed by atoms with Crippen molar-refractivity contribution in [2.24, 2.45) is 5.73 Å². The lowest BCUT2D eigenvalue weighted by atomic mass is 10.00. The van der Waals surface area contributed by atoms with Gasteiger partial charge in [-0.25, -0.2) is 4.98 Å². The number of aromatic nitrogens is 1. The lowest BCUT2D eigenvalue weighted by Crippen LogP contribution is -2.14. The van der Waals surface area contributed by atoms with Gasteiger partial charge in [-0.05, 0) is 41.8 Å². The van der Waals surface area contributed by atoms with Crippen molar-refractivity contribution < 1.29 is 9.47 Å². The minimum atomic E-state index is -0.166. The van der Waals surface area contributed by atoms with Crippen LogP contribution in [0.3, 0.4) is 0 Å². The molecule has 20 heavy (non-hydrogen) atoms. The van der Waals surface area contributed by atoms with Gasteiger partial charge in [-0.15, -0.1) is 0 Å². The van der Waals surface area contributed by atoms with Crippen molar-refractivity contribution >= 4 is 5.82 Å². The molecule has 1 atom stereocenters. The van der Waals surface area contributed by atoms with Gasteiger partial charge < -0.3 is 20.9 Å². The molecule has 0 fully saturated rings. The van der Waals surface area contributed by atoms with E-state index < -0.39 is 0 Å². The van der Waals surface area contributed by atoms with E-state index in [-0.39, 0.29) is 6.04 Å². The first-order valence-corrected chi connectivity index (χ1v) is 6.31. The summed E-state index contributed by atoms with van der Waals surface area (Å²) in [6.45, 7) is 0. The first kappa shape index (κ1) is 14.1. The van der Waals surface area contributed by atoms with Crippen molar-refractivity contribution in [3.8, 4) is 11.5 Å². The van der Waals surface area contributed by atoms with Crippen molar-refractivity contribution in [3.63, 3.8) is 0 Å². The van der Waals surface area contributed by atoms with Crippen LogP contribution in [0.5, 0.6) is 11.5 Å². The van der Waals surface area contributed by atoms with E-state index in [1.54, 1.807) is 20.4 Å².